The van der Waals surface area contributed by atoms with E-state index < -0.39 is 0 Å². The number of benzene rings is 1. The van der Waals surface area contributed by atoms with Crippen molar-refractivity contribution in [2.24, 2.45) is 17.8 Å². The Morgan fingerprint density at radius 1 is 1.20 bits per heavy atom. The van der Waals surface area contributed by atoms with Crippen molar-refractivity contribution in [3.8, 4) is 0 Å². The number of carbonyl (C=O) groups excluding carboxylic acids is 1. The second-order valence-electron chi connectivity index (χ2n) is 6.57. The molecule has 3 nitrogen and oxygen atoms in total. The molecule has 138 valence electrons. The normalized spacial score (nSPS) is 14.3. The van der Waals surface area contributed by atoms with Crippen LogP contribution in [0.1, 0.15) is 39.7 Å². The monoisotopic (exact) mass is 343 g/mol. The Morgan fingerprint density at radius 2 is 1.92 bits per heavy atom. The van der Waals surface area contributed by atoms with Gasteiger partial charge in [0.05, 0.1) is 12.5 Å². The van der Waals surface area contributed by atoms with E-state index >= 15 is 0 Å². The maximum Gasteiger partial charge on any atom is 0.310 e. The van der Waals surface area contributed by atoms with Crippen LogP contribution >= 0.6 is 0 Å². The summed E-state index contributed by atoms with van der Waals surface area (Å²) in [5.41, 5.74) is 1.22. The number of rotatable bonds is 11. The molecule has 0 aliphatic carbocycles. The molecule has 1 aromatic rings. The minimum Gasteiger partial charge on any atom is -0.466 e. The minimum atomic E-state index is -0.140. The molecule has 0 heterocycles. The van der Waals surface area contributed by atoms with Gasteiger partial charge in [0.15, 0.2) is 0 Å². The molecule has 0 bridgehead atoms. The molecule has 0 aliphatic rings. The van der Waals surface area contributed by atoms with Gasteiger partial charge in [-0.05, 0) is 37.7 Å². The first-order chi connectivity index (χ1) is 12.1. The van der Waals surface area contributed by atoms with E-state index in [1.54, 1.807) is 0 Å². The van der Waals surface area contributed by atoms with Crippen molar-refractivity contribution in [1.82, 2.24) is 5.32 Å². The molecule has 0 aromatic heterocycles. The van der Waals surface area contributed by atoms with Gasteiger partial charge in [0.25, 0.3) is 0 Å². The zero-order chi connectivity index (χ0) is 18.5. The van der Waals surface area contributed by atoms with E-state index in [0.29, 0.717) is 19.1 Å². The van der Waals surface area contributed by atoms with Crippen molar-refractivity contribution < 1.29 is 9.53 Å². The number of hydrogen-bond donors (Lipinski definition) is 1. The molecule has 25 heavy (non-hydrogen) atoms. The van der Waals surface area contributed by atoms with Crippen LogP contribution in [0, 0.1) is 17.8 Å². The van der Waals surface area contributed by atoms with Crippen LogP contribution in [-0.2, 0) is 16.1 Å². The number of hydrogen-bond acceptors (Lipinski definition) is 3. The maximum absolute atomic E-state index is 12.5. The summed E-state index contributed by atoms with van der Waals surface area (Å²) in [5.74, 6) is 0.423. The molecule has 1 rings (SSSR count). The van der Waals surface area contributed by atoms with Crippen molar-refractivity contribution in [3.05, 3.63) is 60.2 Å². The van der Waals surface area contributed by atoms with Crippen LogP contribution in [0.25, 0.3) is 0 Å². The standard InChI is InChI=1S/C22H33NO2/c1-5-7-8-12-15-20(18(3)4)21(22(24)25-6-2)17-23-16-19-13-10-9-11-14-19/h5,7-14,18,20-21,23H,6,15-17H2,1-4H3/b7-5-,12-8-/t20?,21-/m0/s1. The Hall–Kier alpha value is -1.87. The lowest BCUT2D eigenvalue weighted by Gasteiger charge is -2.28. The van der Waals surface area contributed by atoms with Crippen molar-refractivity contribution >= 4 is 5.97 Å². The lowest BCUT2D eigenvalue weighted by atomic mass is 9.80. The van der Waals surface area contributed by atoms with Crippen molar-refractivity contribution in [2.75, 3.05) is 13.2 Å². The Kier molecular flexibility index (Phi) is 10.6. The van der Waals surface area contributed by atoms with Crippen molar-refractivity contribution in [2.45, 2.75) is 40.7 Å². The molecule has 3 heteroatoms. The van der Waals surface area contributed by atoms with E-state index in [0.717, 1.165) is 13.0 Å². The van der Waals surface area contributed by atoms with E-state index in [2.05, 4.69) is 43.4 Å². The number of allylic oxidation sites excluding steroid dienone is 4. The third kappa shape index (κ3) is 8.17. The molecule has 0 fully saturated rings. The first-order valence-corrected chi connectivity index (χ1v) is 9.29. The summed E-state index contributed by atoms with van der Waals surface area (Å²) < 4.78 is 5.35. The smallest absolute Gasteiger partial charge is 0.310 e. The summed E-state index contributed by atoms with van der Waals surface area (Å²) in [6.45, 7) is 10.0. The third-order valence-electron chi connectivity index (χ3n) is 4.35. The molecule has 0 aliphatic heterocycles. The number of carbonyl (C=O) groups is 1. The summed E-state index contributed by atoms with van der Waals surface area (Å²) in [4.78, 5) is 12.5. The number of esters is 1. The highest BCUT2D eigenvalue weighted by Gasteiger charge is 2.30. The van der Waals surface area contributed by atoms with Gasteiger partial charge in [-0.3, -0.25) is 4.79 Å². The maximum atomic E-state index is 12.5. The lowest BCUT2D eigenvalue weighted by Crippen LogP contribution is -2.37. The molecule has 0 amide bonds. The molecule has 0 saturated carbocycles. The van der Waals surface area contributed by atoms with Gasteiger partial charge in [-0.25, -0.2) is 0 Å². The quantitative estimate of drug-likeness (QED) is 0.465. The molecule has 1 unspecified atom stereocenters. The SMILES string of the molecule is C/C=C\C=C/CC(C(C)C)[C@H](CNCc1ccccc1)C(=O)OCC. The second kappa shape index (κ2) is 12.5. The van der Waals surface area contributed by atoms with Crippen LogP contribution < -0.4 is 5.32 Å². The molecular formula is C22H33NO2. The highest BCUT2D eigenvalue weighted by molar-refractivity contribution is 5.73. The van der Waals surface area contributed by atoms with Crippen LogP contribution in [0.15, 0.2) is 54.6 Å². The number of ether oxygens (including phenoxy) is 1. The van der Waals surface area contributed by atoms with Gasteiger partial charge < -0.3 is 10.1 Å². The Balaban J connectivity index is 2.75. The molecule has 0 spiro atoms. The van der Waals surface area contributed by atoms with E-state index in [1.807, 2.05) is 44.2 Å². The van der Waals surface area contributed by atoms with Crippen LogP contribution in [0.2, 0.25) is 0 Å². The first kappa shape index (κ1) is 21.2. The highest BCUT2D eigenvalue weighted by atomic mass is 16.5. The van der Waals surface area contributed by atoms with E-state index in [9.17, 15) is 4.79 Å². The molecule has 2 atom stereocenters. The summed E-state index contributed by atoms with van der Waals surface area (Å²) in [7, 11) is 0. The largest absolute Gasteiger partial charge is 0.466 e. The third-order valence-corrected chi connectivity index (χ3v) is 4.35. The zero-order valence-electron chi connectivity index (χ0n) is 16.1. The summed E-state index contributed by atoms with van der Waals surface area (Å²) in [6, 6.07) is 10.3. The van der Waals surface area contributed by atoms with Crippen LogP contribution in [-0.4, -0.2) is 19.1 Å². The van der Waals surface area contributed by atoms with Crippen LogP contribution in [0.5, 0.6) is 0 Å². The van der Waals surface area contributed by atoms with Gasteiger partial charge in [0, 0.05) is 13.1 Å². The second-order valence-corrected chi connectivity index (χ2v) is 6.57. The summed E-state index contributed by atoms with van der Waals surface area (Å²) in [6.07, 6.45) is 9.09. The Bertz CT molecular complexity index is 534. The number of nitrogens with one attached hydrogen (secondary N) is 1. The molecular weight excluding hydrogens is 310 g/mol. The predicted molar refractivity (Wildman–Crippen MR) is 105 cm³/mol. The Labute approximate surface area is 153 Å². The van der Waals surface area contributed by atoms with Crippen LogP contribution in [0.4, 0.5) is 0 Å². The highest BCUT2D eigenvalue weighted by Crippen LogP contribution is 2.26. The fraction of sp³-hybridized carbons (Fsp3) is 0.500. The van der Waals surface area contributed by atoms with Gasteiger partial charge in [0.1, 0.15) is 0 Å². The van der Waals surface area contributed by atoms with Crippen molar-refractivity contribution in [1.29, 1.82) is 0 Å². The molecule has 0 saturated heterocycles. The minimum absolute atomic E-state index is 0.0961. The average Bonchev–Trinajstić information content (AvgIpc) is 2.60. The molecule has 1 aromatic carbocycles. The average molecular weight is 344 g/mol. The topological polar surface area (TPSA) is 38.3 Å². The van der Waals surface area contributed by atoms with Gasteiger partial charge in [-0.2, -0.15) is 0 Å². The fourth-order valence-corrected chi connectivity index (χ4v) is 2.95. The first-order valence-electron chi connectivity index (χ1n) is 9.29. The summed E-state index contributed by atoms with van der Waals surface area (Å²) in [5, 5.41) is 3.44. The van der Waals surface area contributed by atoms with Crippen molar-refractivity contribution in [3.63, 3.8) is 0 Å². The summed E-state index contributed by atoms with van der Waals surface area (Å²) >= 11 is 0. The lowest BCUT2D eigenvalue weighted by molar-refractivity contribution is -0.150. The van der Waals surface area contributed by atoms with Gasteiger partial charge in [-0.15, -0.1) is 0 Å². The fourth-order valence-electron chi connectivity index (χ4n) is 2.95. The van der Waals surface area contributed by atoms with E-state index in [4.69, 9.17) is 4.74 Å². The predicted octanol–water partition coefficient (Wildman–Crippen LogP) is 4.75. The van der Waals surface area contributed by atoms with E-state index in [-0.39, 0.29) is 17.8 Å². The molecule has 0 radical (unpaired) electrons. The van der Waals surface area contributed by atoms with Gasteiger partial charge in [-0.1, -0.05) is 68.5 Å². The zero-order valence-corrected chi connectivity index (χ0v) is 16.1. The molecule has 1 N–H and O–H groups in total. The Morgan fingerprint density at radius 3 is 2.52 bits per heavy atom. The van der Waals surface area contributed by atoms with Gasteiger partial charge in [0.2, 0.25) is 0 Å². The van der Waals surface area contributed by atoms with Gasteiger partial charge >= 0.3 is 5.97 Å². The van der Waals surface area contributed by atoms with Crippen LogP contribution in [0.3, 0.4) is 0 Å². The van der Waals surface area contributed by atoms with E-state index in [1.165, 1.54) is 5.56 Å².